The number of aryl methyl sites for hydroxylation is 1. The van der Waals surface area contributed by atoms with Crippen LogP contribution in [0.15, 0.2) is 17.6 Å². The molecule has 4 nitrogen and oxygen atoms in total. The summed E-state index contributed by atoms with van der Waals surface area (Å²) in [5.41, 5.74) is 2.12. The normalized spacial score (nSPS) is 10.8. The Kier molecular flexibility index (Phi) is 3.13. The van der Waals surface area contributed by atoms with Gasteiger partial charge >= 0.3 is 0 Å². The Morgan fingerprint density at radius 3 is 3.07 bits per heavy atom. The number of thiazole rings is 1. The zero-order valence-electron chi connectivity index (χ0n) is 8.90. The van der Waals surface area contributed by atoms with Crippen LogP contribution in [-0.4, -0.2) is 21.8 Å². The van der Waals surface area contributed by atoms with Gasteiger partial charge in [0.1, 0.15) is 5.01 Å². The van der Waals surface area contributed by atoms with Gasteiger partial charge in [-0.1, -0.05) is 0 Å². The molecule has 0 unspecified atom stereocenters. The fraction of sp³-hybridized carbons (Fsp3) is 0.400. The van der Waals surface area contributed by atoms with Crippen LogP contribution < -0.4 is 5.32 Å². The molecule has 2 aromatic heterocycles. The lowest BCUT2D eigenvalue weighted by molar-refractivity contribution is 0.665. The van der Waals surface area contributed by atoms with E-state index < -0.39 is 0 Å². The molecule has 0 aliphatic rings. The maximum Gasteiger partial charge on any atom is 0.107 e. The largest absolute Gasteiger partial charge is 0.314 e. The van der Waals surface area contributed by atoms with Crippen molar-refractivity contribution in [3.8, 4) is 0 Å². The van der Waals surface area contributed by atoms with Gasteiger partial charge in [-0.2, -0.15) is 5.10 Å². The van der Waals surface area contributed by atoms with Crippen molar-refractivity contribution in [1.29, 1.82) is 0 Å². The summed E-state index contributed by atoms with van der Waals surface area (Å²) in [5, 5.41) is 10.6. The first kappa shape index (κ1) is 10.3. The van der Waals surface area contributed by atoms with Crippen molar-refractivity contribution in [2.45, 2.75) is 20.0 Å². The number of aromatic nitrogens is 3. The highest BCUT2D eigenvalue weighted by Gasteiger charge is 2.02. The quantitative estimate of drug-likeness (QED) is 0.850. The zero-order chi connectivity index (χ0) is 10.7. The average molecular weight is 222 g/mol. The Bertz CT molecular complexity index is 432. The molecule has 2 heterocycles. The summed E-state index contributed by atoms with van der Waals surface area (Å²) in [6.07, 6.45) is 1.98. The van der Waals surface area contributed by atoms with Gasteiger partial charge in [0.15, 0.2) is 0 Å². The van der Waals surface area contributed by atoms with Crippen molar-refractivity contribution in [1.82, 2.24) is 20.1 Å². The molecule has 0 spiro atoms. The van der Waals surface area contributed by atoms with Crippen molar-refractivity contribution in [3.05, 3.63) is 34.0 Å². The van der Waals surface area contributed by atoms with E-state index in [-0.39, 0.29) is 0 Å². The molecule has 0 aromatic carbocycles. The minimum absolute atomic E-state index is 0.758. The minimum Gasteiger partial charge on any atom is -0.314 e. The van der Waals surface area contributed by atoms with Crippen LogP contribution in [0.3, 0.4) is 0 Å². The molecular weight excluding hydrogens is 208 g/mol. The first-order valence-electron chi connectivity index (χ1n) is 4.86. The summed E-state index contributed by atoms with van der Waals surface area (Å²) in [5.74, 6) is 0. The fourth-order valence-electron chi connectivity index (χ4n) is 1.37. The second-order valence-electron chi connectivity index (χ2n) is 3.42. The predicted molar refractivity (Wildman–Crippen MR) is 60.9 cm³/mol. The standard InChI is InChI=1S/C10H14N4S/c1-8-3-4-14(13-8)6-9-7-15-10(12-9)5-11-2/h3-4,7,11H,5-6H2,1-2H3. The van der Waals surface area contributed by atoms with Crippen LogP contribution in [0.25, 0.3) is 0 Å². The minimum atomic E-state index is 0.758. The predicted octanol–water partition coefficient (Wildman–Crippen LogP) is 1.42. The molecule has 0 saturated carbocycles. The molecule has 15 heavy (non-hydrogen) atoms. The molecule has 0 bridgehead atoms. The maximum absolute atomic E-state index is 4.50. The second kappa shape index (κ2) is 4.55. The smallest absolute Gasteiger partial charge is 0.107 e. The molecule has 1 N–H and O–H groups in total. The summed E-state index contributed by atoms with van der Waals surface area (Å²) in [4.78, 5) is 4.50. The Balaban J connectivity index is 2.04. The molecule has 0 radical (unpaired) electrons. The Morgan fingerprint density at radius 2 is 2.40 bits per heavy atom. The summed E-state index contributed by atoms with van der Waals surface area (Å²) in [6, 6.07) is 2.00. The number of nitrogens with one attached hydrogen (secondary N) is 1. The number of rotatable bonds is 4. The number of hydrogen-bond acceptors (Lipinski definition) is 4. The molecule has 0 atom stereocenters. The van der Waals surface area contributed by atoms with E-state index in [9.17, 15) is 0 Å². The average Bonchev–Trinajstić information content (AvgIpc) is 2.78. The Morgan fingerprint density at radius 1 is 1.53 bits per heavy atom. The molecule has 0 aliphatic heterocycles. The van der Waals surface area contributed by atoms with Crippen LogP contribution in [-0.2, 0) is 13.1 Å². The SMILES string of the molecule is CNCc1nc(Cn2ccc(C)n2)cs1. The fourth-order valence-corrected chi connectivity index (χ4v) is 2.17. The molecule has 0 fully saturated rings. The van der Waals surface area contributed by atoms with Crippen molar-refractivity contribution < 1.29 is 0 Å². The van der Waals surface area contributed by atoms with Gasteiger partial charge in [0.25, 0.3) is 0 Å². The van der Waals surface area contributed by atoms with Gasteiger partial charge in [0.05, 0.1) is 17.9 Å². The molecular formula is C10H14N4S. The lowest BCUT2D eigenvalue weighted by Gasteiger charge is -1.96. The molecule has 80 valence electrons. The molecule has 2 rings (SSSR count). The van der Waals surface area contributed by atoms with Crippen molar-refractivity contribution in [2.24, 2.45) is 0 Å². The molecule has 0 amide bonds. The van der Waals surface area contributed by atoms with Crippen molar-refractivity contribution in [3.63, 3.8) is 0 Å². The van der Waals surface area contributed by atoms with Gasteiger partial charge < -0.3 is 5.32 Å². The summed E-state index contributed by atoms with van der Waals surface area (Å²) < 4.78 is 1.91. The van der Waals surface area contributed by atoms with E-state index >= 15 is 0 Å². The lowest BCUT2D eigenvalue weighted by Crippen LogP contribution is -2.05. The van der Waals surface area contributed by atoms with Crippen LogP contribution in [0, 0.1) is 6.92 Å². The molecule has 5 heteroatoms. The van der Waals surface area contributed by atoms with Gasteiger partial charge in [-0.3, -0.25) is 4.68 Å². The van der Waals surface area contributed by atoms with Gasteiger partial charge in [-0.25, -0.2) is 4.98 Å². The third-order valence-corrected chi connectivity index (χ3v) is 2.92. The van der Waals surface area contributed by atoms with E-state index in [2.05, 4.69) is 20.8 Å². The molecule has 2 aromatic rings. The third kappa shape index (κ3) is 2.64. The van der Waals surface area contributed by atoms with Crippen LogP contribution in [0.4, 0.5) is 0 Å². The van der Waals surface area contributed by atoms with Crippen LogP contribution in [0.5, 0.6) is 0 Å². The van der Waals surface area contributed by atoms with E-state index in [4.69, 9.17) is 0 Å². The van der Waals surface area contributed by atoms with E-state index in [1.807, 2.05) is 30.9 Å². The maximum atomic E-state index is 4.50. The first-order valence-corrected chi connectivity index (χ1v) is 5.74. The van der Waals surface area contributed by atoms with Gasteiger partial charge in [-0.15, -0.1) is 11.3 Å². The van der Waals surface area contributed by atoms with Crippen molar-refractivity contribution in [2.75, 3.05) is 7.05 Å². The lowest BCUT2D eigenvalue weighted by atomic mass is 10.5. The van der Waals surface area contributed by atoms with Crippen LogP contribution in [0.1, 0.15) is 16.4 Å². The van der Waals surface area contributed by atoms with Crippen molar-refractivity contribution >= 4 is 11.3 Å². The van der Waals surface area contributed by atoms with E-state index in [0.717, 1.165) is 29.5 Å². The van der Waals surface area contributed by atoms with Crippen LogP contribution >= 0.6 is 11.3 Å². The van der Waals surface area contributed by atoms with E-state index in [1.54, 1.807) is 11.3 Å². The molecule has 0 aliphatic carbocycles. The molecule has 0 saturated heterocycles. The highest BCUT2D eigenvalue weighted by molar-refractivity contribution is 7.09. The van der Waals surface area contributed by atoms with E-state index in [1.165, 1.54) is 0 Å². The monoisotopic (exact) mass is 222 g/mol. The third-order valence-electron chi connectivity index (χ3n) is 2.03. The van der Waals surface area contributed by atoms with E-state index in [0.29, 0.717) is 0 Å². The summed E-state index contributed by atoms with van der Waals surface area (Å²) >= 11 is 1.69. The first-order chi connectivity index (χ1) is 7.28. The van der Waals surface area contributed by atoms with Gasteiger partial charge in [0, 0.05) is 18.1 Å². The van der Waals surface area contributed by atoms with Gasteiger partial charge in [-0.05, 0) is 20.0 Å². The highest BCUT2D eigenvalue weighted by atomic mass is 32.1. The topological polar surface area (TPSA) is 42.7 Å². The Hall–Kier alpha value is -1.20. The van der Waals surface area contributed by atoms with Gasteiger partial charge in [0.2, 0.25) is 0 Å². The zero-order valence-corrected chi connectivity index (χ0v) is 9.71. The summed E-state index contributed by atoms with van der Waals surface area (Å²) in [7, 11) is 1.93. The van der Waals surface area contributed by atoms with Crippen LogP contribution in [0.2, 0.25) is 0 Å². The highest BCUT2D eigenvalue weighted by Crippen LogP contribution is 2.10. The number of nitrogens with zero attached hydrogens (tertiary/aromatic N) is 3. The second-order valence-corrected chi connectivity index (χ2v) is 4.36. The summed E-state index contributed by atoms with van der Waals surface area (Å²) in [6.45, 7) is 3.58. The Labute approximate surface area is 93.0 Å². The number of hydrogen-bond donors (Lipinski definition) is 1.